The van der Waals surface area contributed by atoms with Crippen LogP contribution in [0.3, 0.4) is 0 Å². The van der Waals surface area contributed by atoms with Crippen molar-refractivity contribution in [2.75, 3.05) is 12.4 Å². The SMILES string of the molecule is COC(=O)c1ccc(C)c(-c2ccc(NC(=O)c3c(C)cncc3F)cc2)c1. The Morgan fingerprint density at radius 2 is 1.71 bits per heavy atom. The number of ether oxygens (including phenoxy) is 1. The number of methoxy groups -OCH3 is 1. The number of anilines is 1. The van der Waals surface area contributed by atoms with E-state index in [-0.39, 0.29) is 5.56 Å². The van der Waals surface area contributed by atoms with Crippen LogP contribution in [0, 0.1) is 19.7 Å². The van der Waals surface area contributed by atoms with Gasteiger partial charge < -0.3 is 10.1 Å². The maximum absolute atomic E-state index is 13.9. The van der Waals surface area contributed by atoms with Crippen LogP contribution in [-0.2, 0) is 4.74 Å². The Balaban J connectivity index is 1.85. The third-order valence-corrected chi connectivity index (χ3v) is 4.43. The average Bonchev–Trinajstić information content (AvgIpc) is 2.68. The maximum atomic E-state index is 13.9. The highest BCUT2D eigenvalue weighted by molar-refractivity contribution is 6.05. The number of esters is 1. The van der Waals surface area contributed by atoms with Crippen molar-refractivity contribution in [3.8, 4) is 11.1 Å². The lowest BCUT2D eigenvalue weighted by Crippen LogP contribution is -2.15. The van der Waals surface area contributed by atoms with E-state index in [1.54, 1.807) is 31.2 Å². The van der Waals surface area contributed by atoms with Crippen molar-refractivity contribution < 1.29 is 18.7 Å². The Kier molecular flexibility index (Phi) is 5.49. The summed E-state index contributed by atoms with van der Waals surface area (Å²) >= 11 is 0. The minimum absolute atomic E-state index is 0.0271. The van der Waals surface area contributed by atoms with E-state index < -0.39 is 17.7 Å². The van der Waals surface area contributed by atoms with E-state index in [0.29, 0.717) is 16.8 Å². The molecule has 0 atom stereocenters. The number of aryl methyl sites for hydroxylation is 2. The second kappa shape index (κ2) is 8.00. The summed E-state index contributed by atoms with van der Waals surface area (Å²) in [6.45, 7) is 3.58. The number of halogens is 1. The Labute approximate surface area is 162 Å². The second-order valence-corrected chi connectivity index (χ2v) is 6.37. The molecule has 28 heavy (non-hydrogen) atoms. The smallest absolute Gasteiger partial charge is 0.337 e. The summed E-state index contributed by atoms with van der Waals surface area (Å²) in [5, 5.41) is 2.69. The molecule has 3 aromatic rings. The minimum Gasteiger partial charge on any atom is -0.465 e. The van der Waals surface area contributed by atoms with Gasteiger partial charge in [-0.25, -0.2) is 9.18 Å². The normalized spacial score (nSPS) is 10.4. The van der Waals surface area contributed by atoms with Crippen LogP contribution in [0.4, 0.5) is 10.1 Å². The molecule has 0 fully saturated rings. The fourth-order valence-corrected chi connectivity index (χ4v) is 2.92. The lowest BCUT2D eigenvalue weighted by atomic mass is 9.98. The summed E-state index contributed by atoms with van der Waals surface area (Å²) < 4.78 is 18.7. The van der Waals surface area contributed by atoms with Gasteiger partial charge in [0.25, 0.3) is 5.91 Å². The summed E-state index contributed by atoms with van der Waals surface area (Å²) in [5.41, 5.74) is 4.20. The molecular weight excluding hydrogens is 359 g/mol. The predicted octanol–water partition coefficient (Wildman–Crippen LogP) is 4.54. The quantitative estimate of drug-likeness (QED) is 0.677. The molecule has 0 saturated heterocycles. The molecular formula is C22H19FN2O3. The molecule has 0 aliphatic carbocycles. The molecule has 1 amide bonds. The van der Waals surface area contributed by atoms with Crippen LogP contribution in [0.25, 0.3) is 11.1 Å². The highest BCUT2D eigenvalue weighted by Gasteiger charge is 2.15. The van der Waals surface area contributed by atoms with Crippen molar-refractivity contribution in [3.05, 3.63) is 82.9 Å². The van der Waals surface area contributed by atoms with Gasteiger partial charge in [-0.1, -0.05) is 18.2 Å². The monoisotopic (exact) mass is 378 g/mol. The number of carbonyl (C=O) groups is 2. The van der Waals surface area contributed by atoms with Crippen LogP contribution < -0.4 is 5.32 Å². The average molecular weight is 378 g/mol. The number of carbonyl (C=O) groups excluding carboxylic acids is 2. The van der Waals surface area contributed by atoms with E-state index in [1.165, 1.54) is 13.3 Å². The number of amides is 1. The molecule has 0 bridgehead atoms. The number of hydrogen-bond acceptors (Lipinski definition) is 4. The fraction of sp³-hybridized carbons (Fsp3) is 0.136. The summed E-state index contributed by atoms with van der Waals surface area (Å²) in [7, 11) is 1.34. The highest BCUT2D eigenvalue weighted by Crippen LogP contribution is 2.26. The third-order valence-electron chi connectivity index (χ3n) is 4.43. The van der Waals surface area contributed by atoms with E-state index in [0.717, 1.165) is 22.9 Å². The van der Waals surface area contributed by atoms with Gasteiger partial charge in [-0.15, -0.1) is 0 Å². The number of pyridine rings is 1. The van der Waals surface area contributed by atoms with E-state index in [9.17, 15) is 14.0 Å². The summed E-state index contributed by atoms with van der Waals surface area (Å²) in [6.07, 6.45) is 2.46. The van der Waals surface area contributed by atoms with Gasteiger partial charge >= 0.3 is 5.97 Å². The molecule has 2 aromatic carbocycles. The number of rotatable bonds is 4. The summed E-state index contributed by atoms with van der Waals surface area (Å²) in [4.78, 5) is 27.9. The molecule has 1 aromatic heterocycles. The Morgan fingerprint density at radius 1 is 1.00 bits per heavy atom. The number of hydrogen-bond donors (Lipinski definition) is 1. The highest BCUT2D eigenvalue weighted by atomic mass is 19.1. The first-order chi connectivity index (χ1) is 13.4. The summed E-state index contributed by atoms with van der Waals surface area (Å²) in [5.74, 6) is -1.60. The van der Waals surface area contributed by atoms with Crippen LogP contribution in [0.1, 0.15) is 31.8 Å². The van der Waals surface area contributed by atoms with Gasteiger partial charge in [0.1, 0.15) is 0 Å². The van der Waals surface area contributed by atoms with Crippen molar-refractivity contribution in [2.24, 2.45) is 0 Å². The molecule has 0 radical (unpaired) electrons. The molecule has 6 heteroatoms. The van der Waals surface area contributed by atoms with Crippen molar-refractivity contribution in [3.63, 3.8) is 0 Å². The molecule has 0 spiro atoms. The van der Waals surface area contributed by atoms with E-state index >= 15 is 0 Å². The van der Waals surface area contributed by atoms with Crippen molar-refractivity contribution in [1.29, 1.82) is 0 Å². The number of nitrogens with zero attached hydrogens (tertiary/aromatic N) is 1. The predicted molar refractivity (Wildman–Crippen MR) is 105 cm³/mol. The Bertz CT molecular complexity index is 1030. The Hall–Kier alpha value is -3.54. The first-order valence-electron chi connectivity index (χ1n) is 8.61. The standard InChI is InChI=1S/C22H19FN2O3/c1-13-4-5-16(22(27)28-3)10-18(13)15-6-8-17(9-7-15)25-21(26)20-14(2)11-24-12-19(20)23/h4-12H,1-3H3,(H,25,26). The van der Waals surface area contributed by atoms with Crippen LogP contribution in [0.2, 0.25) is 0 Å². The van der Waals surface area contributed by atoms with Gasteiger partial charge in [0.05, 0.1) is 24.4 Å². The fourth-order valence-electron chi connectivity index (χ4n) is 2.92. The molecule has 142 valence electrons. The second-order valence-electron chi connectivity index (χ2n) is 6.37. The number of benzene rings is 2. The zero-order valence-corrected chi connectivity index (χ0v) is 15.7. The van der Waals surface area contributed by atoms with E-state index in [4.69, 9.17) is 4.74 Å². The lowest BCUT2D eigenvalue weighted by Gasteiger charge is -2.11. The topological polar surface area (TPSA) is 68.3 Å². The van der Waals surface area contributed by atoms with E-state index in [2.05, 4.69) is 10.3 Å². The zero-order valence-electron chi connectivity index (χ0n) is 15.7. The van der Waals surface area contributed by atoms with Gasteiger partial charge in [0.2, 0.25) is 0 Å². The zero-order chi connectivity index (χ0) is 20.3. The van der Waals surface area contributed by atoms with Gasteiger partial charge in [0.15, 0.2) is 5.82 Å². The van der Waals surface area contributed by atoms with Crippen LogP contribution >= 0.6 is 0 Å². The first kappa shape index (κ1) is 19.2. The molecule has 1 heterocycles. The van der Waals surface area contributed by atoms with Gasteiger partial charge in [-0.2, -0.15) is 0 Å². The van der Waals surface area contributed by atoms with Crippen LogP contribution in [0.5, 0.6) is 0 Å². The van der Waals surface area contributed by atoms with Gasteiger partial charge in [-0.3, -0.25) is 9.78 Å². The molecule has 5 nitrogen and oxygen atoms in total. The first-order valence-corrected chi connectivity index (χ1v) is 8.61. The lowest BCUT2D eigenvalue weighted by molar-refractivity contribution is 0.0600. The molecule has 0 saturated carbocycles. The molecule has 3 rings (SSSR count). The minimum atomic E-state index is -0.663. The van der Waals surface area contributed by atoms with Crippen molar-refractivity contribution >= 4 is 17.6 Å². The summed E-state index contributed by atoms with van der Waals surface area (Å²) in [6, 6.07) is 12.4. The van der Waals surface area contributed by atoms with E-state index in [1.807, 2.05) is 25.1 Å². The Morgan fingerprint density at radius 3 is 2.36 bits per heavy atom. The van der Waals surface area contributed by atoms with Crippen LogP contribution in [0.15, 0.2) is 54.9 Å². The molecule has 0 aliphatic heterocycles. The van der Waals surface area contributed by atoms with Gasteiger partial charge in [0, 0.05) is 11.9 Å². The van der Waals surface area contributed by atoms with Crippen LogP contribution in [-0.4, -0.2) is 24.0 Å². The number of nitrogens with one attached hydrogen (secondary N) is 1. The van der Waals surface area contributed by atoms with Gasteiger partial charge in [-0.05, 0) is 60.4 Å². The third kappa shape index (κ3) is 3.91. The molecule has 0 unspecified atom stereocenters. The largest absolute Gasteiger partial charge is 0.465 e. The molecule has 1 N–H and O–H groups in total. The number of aromatic nitrogens is 1. The maximum Gasteiger partial charge on any atom is 0.337 e. The van der Waals surface area contributed by atoms with Crippen molar-refractivity contribution in [1.82, 2.24) is 4.98 Å². The van der Waals surface area contributed by atoms with Crippen molar-refractivity contribution in [2.45, 2.75) is 13.8 Å². The molecule has 0 aliphatic rings.